The molecule has 0 bridgehead atoms. The van der Waals surface area contributed by atoms with Crippen LogP contribution in [0.4, 0.5) is 13.2 Å². The van der Waals surface area contributed by atoms with Crippen LogP contribution < -0.4 is 9.47 Å². The maximum absolute atomic E-state index is 12.2. The third-order valence-corrected chi connectivity index (χ3v) is 2.64. The van der Waals surface area contributed by atoms with Crippen LogP contribution in [0.15, 0.2) is 18.2 Å². The first-order chi connectivity index (χ1) is 8.44. The molecule has 1 aromatic carbocycles. The average Bonchev–Trinajstić information content (AvgIpc) is 2.24. The summed E-state index contributed by atoms with van der Waals surface area (Å²) in [6, 6.07) is 4.36. The summed E-state index contributed by atoms with van der Waals surface area (Å²) in [4.78, 5) is 0. The molecule has 0 saturated heterocycles. The van der Waals surface area contributed by atoms with Gasteiger partial charge in [0.1, 0.15) is 11.5 Å². The first kappa shape index (κ1) is 15.1. The van der Waals surface area contributed by atoms with E-state index >= 15 is 0 Å². The average molecular weight is 327 g/mol. The van der Waals surface area contributed by atoms with Crippen LogP contribution in [-0.2, 0) is 6.42 Å². The molecule has 0 spiro atoms. The fourth-order valence-corrected chi connectivity index (χ4v) is 1.77. The maximum Gasteiger partial charge on any atom is 0.573 e. The molecule has 0 fully saturated rings. The number of hydrogen-bond donors (Lipinski definition) is 0. The zero-order chi connectivity index (χ0) is 13.6. The summed E-state index contributed by atoms with van der Waals surface area (Å²) in [5.74, 6) is 0.154. The molecule has 0 unspecified atom stereocenters. The zero-order valence-corrected chi connectivity index (χ0v) is 11.5. The van der Waals surface area contributed by atoms with Crippen LogP contribution >= 0.6 is 15.9 Å². The van der Waals surface area contributed by atoms with Crippen molar-refractivity contribution in [2.45, 2.75) is 26.1 Å². The van der Waals surface area contributed by atoms with Gasteiger partial charge in [0.05, 0.1) is 6.61 Å². The minimum atomic E-state index is -4.68. The molecule has 18 heavy (non-hydrogen) atoms. The highest BCUT2D eigenvalue weighted by atomic mass is 79.9. The Morgan fingerprint density at radius 2 is 1.83 bits per heavy atom. The molecule has 0 atom stereocenters. The quantitative estimate of drug-likeness (QED) is 0.725. The van der Waals surface area contributed by atoms with Crippen molar-refractivity contribution in [2.75, 3.05) is 11.9 Å². The minimum Gasteiger partial charge on any atom is -0.494 e. The third kappa shape index (κ3) is 5.62. The van der Waals surface area contributed by atoms with E-state index in [4.69, 9.17) is 4.74 Å². The summed E-state index contributed by atoms with van der Waals surface area (Å²) in [7, 11) is 0. The standard InChI is InChI=1S/C12H14BrF3O2/c1-2-17-10-6-9(4-3-5-13)7-11(8-10)18-12(14,15)16/h6-8H,2-5H2,1H3. The lowest BCUT2D eigenvalue weighted by Crippen LogP contribution is -2.17. The van der Waals surface area contributed by atoms with Gasteiger partial charge >= 0.3 is 6.36 Å². The van der Waals surface area contributed by atoms with Crippen LogP contribution in [0.25, 0.3) is 0 Å². The Morgan fingerprint density at radius 1 is 1.17 bits per heavy atom. The Bertz CT molecular complexity index is 380. The van der Waals surface area contributed by atoms with Crippen LogP contribution in [0.3, 0.4) is 0 Å². The van der Waals surface area contributed by atoms with Gasteiger partial charge in [0.2, 0.25) is 0 Å². The monoisotopic (exact) mass is 326 g/mol. The summed E-state index contributed by atoms with van der Waals surface area (Å²) in [6.45, 7) is 2.17. The van der Waals surface area contributed by atoms with Crippen molar-refractivity contribution >= 4 is 15.9 Å². The number of benzene rings is 1. The fraction of sp³-hybridized carbons (Fsp3) is 0.500. The van der Waals surface area contributed by atoms with Crippen molar-refractivity contribution in [3.05, 3.63) is 23.8 Å². The SMILES string of the molecule is CCOc1cc(CCCBr)cc(OC(F)(F)F)c1. The van der Waals surface area contributed by atoms with E-state index in [1.54, 1.807) is 13.0 Å². The number of aryl methyl sites for hydroxylation is 1. The van der Waals surface area contributed by atoms with Gasteiger partial charge in [-0.05, 0) is 37.5 Å². The van der Waals surface area contributed by atoms with Crippen molar-refractivity contribution in [3.63, 3.8) is 0 Å². The summed E-state index contributed by atoms with van der Waals surface area (Å²) >= 11 is 3.28. The Hall–Kier alpha value is -0.910. The second kappa shape index (κ2) is 6.87. The molecule has 0 N–H and O–H groups in total. The molecule has 0 saturated carbocycles. The third-order valence-electron chi connectivity index (χ3n) is 2.08. The first-order valence-electron chi connectivity index (χ1n) is 5.53. The van der Waals surface area contributed by atoms with Gasteiger partial charge in [0.25, 0.3) is 0 Å². The van der Waals surface area contributed by atoms with Crippen LogP contribution in [0, 0.1) is 0 Å². The maximum atomic E-state index is 12.2. The highest BCUT2D eigenvalue weighted by Crippen LogP contribution is 2.28. The van der Waals surface area contributed by atoms with Crippen LogP contribution in [0.1, 0.15) is 18.9 Å². The molecule has 1 rings (SSSR count). The number of alkyl halides is 4. The molecule has 0 aromatic heterocycles. The topological polar surface area (TPSA) is 18.5 Å². The van der Waals surface area contributed by atoms with E-state index in [2.05, 4.69) is 20.7 Å². The molecule has 2 nitrogen and oxygen atoms in total. The number of hydrogen-bond acceptors (Lipinski definition) is 2. The van der Waals surface area contributed by atoms with Crippen LogP contribution in [0.5, 0.6) is 11.5 Å². The minimum absolute atomic E-state index is 0.238. The van der Waals surface area contributed by atoms with Crippen molar-refractivity contribution < 1.29 is 22.6 Å². The normalized spacial score (nSPS) is 11.4. The van der Waals surface area contributed by atoms with Gasteiger partial charge in [-0.2, -0.15) is 0 Å². The lowest BCUT2D eigenvalue weighted by Gasteiger charge is -2.12. The van der Waals surface area contributed by atoms with Gasteiger partial charge in [0, 0.05) is 11.4 Å². The smallest absolute Gasteiger partial charge is 0.494 e. The number of rotatable bonds is 6. The van der Waals surface area contributed by atoms with E-state index in [0.717, 1.165) is 17.3 Å². The van der Waals surface area contributed by atoms with Crippen LogP contribution in [-0.4, -0.2) is 18.3 Å². The molecule has 0 aliphatic rings. The van der Waals surface area contributed by atoms with E-state index < -0.39 is 6.36 Å². The van der Waals surface area contributed by atoms with Gasteiger partial charge < -0.3 is 9.47 Å². The Balaban J connectivity index is 2.90. The van der Waals surface area contributed by atoms with Gasteiger partial charge in [0.15, 0.2) is 0 Å². The van der Waals surface area contributed by atoms with Gasteiger partial charge in [-0.15, -0.1) is 13.2 Å². The molecular formula is C12H14BrF3O2. The number of halogens is 4. The molecule has 0 aliphatic carbocycles. The van der Waals surface area contributed by atoms with Gasteiger partial charge in [-0.25, -0.2) is 0 Å². The predicted molar refractivity (Wildman–Crippen MR) is 66.4 cm³/mol. The van der Waals surface area contributed by atoms with E-state index in [9.17, 15) is 13.2 Å². The van der Waals surface area contributed by atoms with Crippen LogP contribution in [0.2, 0.25) is 0 Å². The van der Waals surface area contributed by atoms with E-state index in [-0.39, 0.29) is 5.75 Å². The molecule has 0 heterocycles. The van der Waals surface area contributed by atoms with Crippen molar-refractivity contribution in [1.29, 1.82) is 0 Å². The Kier molecular flexibility index (Phi) is 5.78. The molecule has 0 radical (unpaired) electrons. The van der Waals surface area contributed by atoms with E-state index in [0.29, 0.717) is 18.8 Å². The summed E-state index contributed by atoms with van der Waals surface area (Å²) in [5, 5.41) is 0.793. The molecule has 0 amide bonds. The summed E-state index contributed by atoms with van der Waals surface area (Å²) in [5.41, 5.74) is 0.764. The molecule has 6 heteroatoms. The predicted octanol–water partition coefficient (Wildman–Crippen LogP) is 4.31. The summed E-state index contributed by atoms with van der Waals surface area (Å²) in [6.07, 6.45) is -3.18. The van der Waals surface area contributed by atoms with E-state index in [1.807, 2.05) is 0 Å². The Morgan fingerprint density at radius 3 is 2.39 bits per heavy atom. The van der Waals surface area contributed by atoms with Crippen molar-refractivity contribution in [1.82, 2.24) is 0 Å². The highest BCUT2D eigenvalue weighted by molar-refractivity contribution is 9.09. The van der Waals surface area contributed by atoms with E-state index in [1.165, 1.54) is 12.1 Å². The van der Waals surface area contributed by atoms with Gasteiger partial charge in [-0.3, -0.25) is 0 Å². The van der Waals surface area contributed by atoms with Crippen molar-refractivity contribution in [3.8, 4) is 11.5 Å². The number of ether oxygens (including phenoxy) is 2. The van der Waals surface area contributed by atoms with Crippen molar-refractivity contribution in [2.24, 2.45) is 0 Å². The molecule has 0 aliphatic heterocycles. The zero-order valence-electron chi connectivity index (χ0n) is 9.89. The molecule has 102 valence electrons. The highest BCUT2D eigenvalue weighted by Gasteiger charge is 2.31. The summed E-state index contributed by atoms with van der Waals surface area (Å²) < 4.78 is 45.7. The second-order valence-corrected chi connectivity index (χ2v) is 4.38. The lowest BCUT2D eigenvalue weighted by molar-refractivity contribution is -0.274. The van der Waals surface area contributed by atoms with Gasteiger partial charge in [-0.1, -0.05) is 15.9 Å². The second-order valence-electron chi connectivity index (χ2n) is 3.59. The first-order valence-corrected chi connectivity index (χ1v) is 6.65. The Labute approximate surface area is 112 Å². The fourth-order valence-electron chi connectivity index (χ4n) is 1.49. The lowest BCUT2D eigenvalue weighted by atomic mass is 10.1. The largest absolute Gasteiger partial charge is 0.573 e. The molecular weight excluding hydrogens is 313 g/mol. The molecule has 1 aromatic rings.